The van der Waals surface area contributed by atoms with E-state index in [0.717, 1.165) is 18.2 Å². The highest BCUT2D eigenvalue weighted by Gasteiger charge is 2.24. The fourth-order valence-corrected chi connectivity index (χ4v) is 3.72. The minimum Gasteiger partial charge on any atom is -0.497 e. The fraction of sp³-hybridized carbons (Fsp3) is 0.100. The third kappa shape index (κ3) is 4.57. The van der Waals surface area contributed by atoms with Crippen molar-refractivity contribution < 1.29 is 31.4 Å². The molecule has 6 nitrogen and oxygen atoms in total. The van der Waals surface area contributed by atoms with Gasteiger partial charge >= 0.3 is 0 Å². The topological polar surface area (TPSA) is 73.9 Å². The van der Waals surface area contributed by atoms with E-state index < -0.39 is 26.6 Å². The summed E-state index contributed by atoms with van der Waals surface area (Å²) >= 11 is 0. The SMILES string of the molecule is COc1ccc(Oc2cc(NS(=O)(=O)c3c(F)cccc3F)ccc2OC)cc1. The van der Waals surface area contributed by atoms with E-state index in [0.29, 0.717) is 17.2 Å². The molecule has 0 spiro atoms. The van der Waals surface area contributed by atoms with Gasteiger partial charge in [0.05, 0.1) is 19.9 Å². The second-order valence-electron chi connectivity index (χ2n) is 5.80. The van der Waals surface area contributed by atoms with Crippen LogP contribution in [0.25, 0.3) is 0 Å². The largest absolute Gasteiger partial charge is 0.497 e. The van der Waals surface area contributed by atoms with E-state index in [2.05, 4.69) is 4.72 Å². The van der Waals surface area contributed by atoms with Gasteiger partial charge in [-0.05, 0) is 48.5 Å². The summed E-state index contributed by atoms with van der Waals surface area (Å²) < 4.78 is 70.9. The van der Waals surface area contributed by atoms with E-state index in [1.54, 1.807) is 24.3 Å². The van der Waals surface area contributed by atoms with Gasteiger partial charge in [-0.15, -0.1) is 0 Å². The Morgan fingerprint density at radius 1 is 0.793 bits per heavy atom. The average Bonchev–Trinajstić information content (AvgIpc) is 2.68. The highest BCUT2D eigenvalue weighted by Crippen LogP contribution is 2.35. The molecule has 152 valence electrons. The van der Waals surface area contributed by atoms with Crippen molar-refractivity contribution >= 4 is 15.7 Å². The average molecular weight is 421 g/mol. The molecule has 0 atom stereocenters. The molecule has 3 rings (SSSR count). The molecule has 3 aromatic rings. The molecule has 0 bridgehead atoms. The summed E-state index contributed by atoms with van der Waals surface area (Å²) in [4.78, 5) is -1.06. The van der Waals surface area contributed by atoms with Crippen LogP contribution in [0.4, 0.5) is 14.5 Å². The molecule has 3 aromatic carbocycles. The lowest BCUT2D eigenvalue weighted by molar-refractivity contribution is 0.378. The first-order valence-corrected chi connectivity index (χ1v) is 9.79. The molecular formula is C20H17F2NO5S. The first-order valence-electron chi connectivity index (χ1n) is 8.31. The summed E-state index contributed by atoms with van der Waals surface area (Å²) in [5.74, 6) is -0.767. The van der Waals surface area contributed by atoms with E-state index in [-0.39, 0.29) is 11.4 Å². The first kappa shape index (κ1) is 20.4. The quantitative estimate of drug-likeness (QED) is 0.605. The van der Waals surface area contributed by atoms with Crippen LogP contribution in [-0.2, 0) is 10.0 Å². The highest BCUT2D eigenvalue weighted by atomic mass is 32.2. The zero-order chi connectivity index (χ0) is 21.0. The summed E-state index contributed by atoms with van der Waals surface area (Å²) in [7, 11) is -1.55. The van der Waals surface area contributed by atoms with Crippen molar-refractivity contribution in [1.29, 1.82) is 0 Å². The predicted octanol–water partition coefficient (Wildman–Crippen LogP) is 4.58. The Morgan fingerprint density at radius 3 is 2.00 bits per heavy atom. The van der Waals surface area contributed by atoms with E-state index in [1.165, 1.54) is 32.4 Å². The van der Waals surface area contributed by atoms with E-state index in [1.807, 2.05) is 0 Å². The minimum absolute atomic E-state index is 0.0389. The molecule has 0 fully saturated rings. The van der Waals surface area contributed by atoms with Crippen molar-refractivity contribution in [2.45, 2.75) is 4.90 Å². The first-order chi connectivity index (χ1) is 13.8. The van der Waals surface area contributed by atoms with Crippen molar-refractivity contribution in [2.24, 2.45) is 0 Å². The monoisotopic (exact) mass is 421 g/mol. The number of methoxy groups -OCH3 is 2. The van der Waals surface area contributed by atoms with Crippen LogP contribution in [0.3, 0.4) is 0 Å². The zero-order valence-electron chi connectivity index (χ0n) is 15.5. The Kier molecular flexibility index (Phi) is 5.88. The van der Waals surface area contributed by atoms with Crippen molar-refractivity contribution in [3.8, 4) is 23.0 Å². The van der Waals surface area contributed by atoms with Gasteiger partial charge in [0.25, 0.3) is 10.0 Å². The second-order valence-corrected chi connectivity index (χ2v) is 7.42. The second kappa shape index (κ2) is 8.36. The van der Waals surface area contributed by atoms with Gasteiger partial charge in [0.1, 0.15) is 23.1 Å². The Hall–Kier alpha value is -3.33. The minimum atomic E-state index is -4.51. The molecule has 0 aliphatic heterocycles. The van der Waals surface area contributed by atoms with Gasteiger partial charge in [-0.3, -0.25) is 4.72 Å². The number of ether oxygens (including phenoxy) is 3. The number of hydrogen-bond donors (Lipinski definition) is 1. The zero-order valence-corrected chi connectivity index (χ0v) is 16.3. The Morgan fingerprint density at radius 2 is 1.41 bits per heavy atom. The molecular weight excluding hydrogens is 404 g/mol. The molecule has 0 radical (unpaired) electrons. The van der Waals surface area contributed by atoms with Crippen LogP contribution < -0.4 is 18.9 Å². The molecule has 0 amide bonds. The van der Waals surface area contributed by atoms with Crippen LogP contribution in [0.2, 0.25) is 0 Å². The number of anilines is 1. The van der Waals surface area contributed by atoms with Crippen LogP contribution in [0.5, 0.6) is 23.0 Å². The van der Waals surface area contributed by atoms with Crippen LogP contribution in [0, 0.1) is 11.6 Å². The van der Waals surface area contributed by atoms with Crippen LogP contribution >= 0.6 is 0 Å². The third-order valence-corrected chi connectivity index (χ3v) is 5.32. The van der Waals surface area contributed by atoms with E-state index in [9.17, 15) is 17.2 Å². The van der Waals surface area contributed by atoms with Gasteiger partial charge in [-0.2, -0.15) is 0 Å². The number of nitrogens with one attached hydrogen (secondary N) is 1. The van der Waals surface area contributed by atoms with E-state index >= 15 is 0 Å². The molecule has 9 heteroatoms. The van der Waals surface area contributed by atoms with E-state index in [4.69, 9.17) is 14.2 Å². The van der Waals surface area contributed by atoms with Gasteiger partial charge in [0.15, 0.2) is 16.4 Å². The van der Waals surface area contributed by atoms with Crippen LogP contribution in [0.15, 0.2) is 65.6 Å². The molecule has 0 heterocycles. The standard InChI is InChI=1S/C20H17F2NO5S/c1-26-14-7-9-15(10-8-14)28-19-12-13(6-11-18(19)27-2)23-29(24,25)20-16(21)4-3-5-17(20)22/h3-12,23H,1-2H3. The summed E-state index contributed by atoms with van der Waals surface area (Å²) in [6.07, 6.45) is 0. The summed E-state index contributed by atoms with van der Waals surface area (Å²) in [6.45, 7) is 0. The lowest BCUT2D eigenvalue weighted by Crippen LogP contribution is -2.16. The maximum atomic E-state index is 13.9. The number of halogens is 2. The number of benzene rings is 3. The summed E-state index contributed by atoms with van der Waals surface area (Å²) in [5.41, 5.74) is 0.0389. The molecule has 0 unspecified atom stereocenters. The lowest BCUT2D eigenvalue weighted by Gasteiger charge is -2.14. The van der Waals surface area contributed by atoms with Crippen molar-refractivity contribution in [2.75, 3.05) is 18.9 Å². The number of rotatable bonds is 7. The van der Waals surface area contributed by atoms with Gasteiger partial charge < -0.3 is 14.2 Å². The van der Waals surface area contributed by atoms with Crippen LogP contribution in [0.1, 0.15) is 0 Å². The van der Waals surface area contributed by atoms with Crippen molar-refractivity contribution in [1.82, 2.24) is 0 Å². The van der Waals surface area contributed by atoms with Gasteiger partial charge in [-0.25, -0.2) is 17.2 Å². The molecule has 0 saturated carbocycles. The Labute approximate surface area is 166 Å². The normalized spacial score (nSPS) is 11.0. The van der Waals surface area contributed by atoms with Gasteiger partial charge in [-0.1, -0.05) is 6.07 Å². The van der Waals surface area contributed by atoms with Gasteiger partial charge in [0.2, 0.25) is 0 Å². The molecule has 1 N–H and O–H groups in total. The van der Waals surface area contributed by atoms with Gasteiger partial charge in [0, 0.05) is 6.07 Å². The molecule has 29 heavy (non-hydrogen) atoms. The fourth-order valence-electron chi connectivity index (χ4n) is 2.54. The predicted molar refractivity (Wildman–Crippen MR) is 103 cm³/mol. The lowest BCUT2D eigenvalue weighted by atomic mass is 10.2. The van der Waals surface area contributed by atoms with Crippen LogP contribution in [-0.4, -0.2) is 22.6 Å². The molecule has 0 aromatic heterocycles. The Balaban J connectivity index is 1.91. The maximum absolute atomic E-state index is 13.9. The number of sulfonamides is 1. The maximum Gasteiger partial charge on any atom is 0.267 e. The number of hydrogen-bond acceptors (Lipinski definition) is 5. The molecule has 0 aliphatic rings. The third-order valence-electron chi connectivity index (χ3n) is 3.89. The highest BCUT2D eigenvalue weighted by molar-refractivity contribution is 7.92. The Bertz CT molecular complexity index is 1100. The molecule has 0 saturated heterocycles. The van der Waals surface area contributed by atoms with Crippen molar-refractivity contribution in [3.63, 3.8) is 0 Å². The smallest absolute Gasteiger partial charge is 0.267 e. The summed E-state index contributed by atoms with van der Waals surface area (Å²) in [5, 5.41) is 0. The molecule has 0 aliphatic carbocycles. The van der Waals surface area contributed by atoms with Crippen molar-refractivity contribution in [3.05, 3.63) is 72.3 Å². The summed E-state index contributed by atoms with van der Waals surface area (Å²) in [6, 6.07) is 13.7.